The fourth-order valence-electron chi connectivity index (χ4n) is 1.48. The highest BCUT2D eigenvalue weighted by molar-refractivity contribution is 5.80. The van der Waals surface area contributed by atoms with E-state index in [9.17, 15) is 4.79 Å². The molecule has 0 aliphatic carbocycles. The minimum Gasteiger partial charge on any atom is -0.497 e. The maximum atomic E-state index is 11.5. The first kappa shape index (κ1) is 14.4. The van der Waals surface area contributed by atoms with Crippen LogP contribution in [0.2, 0.25) is 0 Å². The van der Waals surface area contributed by atoms with Crippen molar-refractivity contribution in [3.63, 3.8) is 0 Å². The zero-order chi connectivity index (χ0) is 13.4. The monoisotopic (exact) mass is 250 g/mol. The van der Waals surface area contributed by atoms with E-state index in [0.717, 1.165) is 24.4 Å². The largest absolute Gasteiger partial charge is 0.497 e. The van der Waals surface area contributed by atoms with Gasteiger partial charge in [0.2, 0.25) is 5.91 Å². The van der Waals surface area contributed by atoms with Crippen molar-refractivity contribution >= 4 is 11.6 Å². The summed E-state index contributed by atoms with van der Waals surface area (Å²) in [6, 6.07) is 7.52. The van der Waals surface area contributed by atoms with Gasteiger partial charge < -0.3 is 15.4 Å². The molecular formula is C14H22N2O2. The molecule has 0 aliphatic rings. The zero-order valence-electron chi connectivity index (χ0n) is 11.3. The van der Waals surface area contributed by atoms with E-state index in [1.807, 2.05) is 24.3 Å². The number of hydrogen-bond donors (Lipinski definition) is 2. The van der Waals surface area contributed by atoms with Crippen molar-refractivity contribution in [2.24, 2.45) is 5.92 Å². The second-order valence-electron chi connectivity index (χ2n) is 4.62. The van der Waals surface area contributed by atoms with E-state index in [1.54, 1.807) is 7.11 Å². The number of carbonyl (C=O) groups excluding carboxylic acids is 1. The van der Waals surface area contributed by atoms with Gasteiger partial charge in [0.15, 0.2) is 0 Å². The molecule has 0 radical (unpaired) electrons. The van der Waals surface area contributed by atoms with Crippen molar-refractivity contribution in [3.05, 3.63) is 24.3 Å². The van der Waals surface area contributed by atoms with Gasteiger partial charge in [0, 0.05) is 18.3 Å². The van der Waals surface area contributed by atoms with E-state index < -0.39 is 0 Å². The molecule has 0 aliphatic heterocycles. The second kappa shape index (κ2) is 7.58. The van der Waals surface area contributed by atoms with Crippen LogP contribution < -0.4 is 15.4 Å². The third-order valence-electron chi connectivity index (χ3n) is 2.57. The Balaban J connectivity index is 2.29. The van der Waals surface area contributed by atoms with Crippen molar-refractivity contribution in [1.82, 2.24) is 5.32 Å². The van der Waals surface area contributed by atoms with Gasteiger partial charge in [-0.1, -0.05) is 19.9 Å². The van der Waals surface area contributed by atoms with Crippen LogP contribution >= 0.6 is 0 Å². The Labute approximate surface area is 109 Å². The predicted octanol–water partition coefficient (Wildman–Crippen LogP) is 2.27. The molecule has 4 heteroatoms. The van der Waals surface area contributed by atoms with Crippen LogP contribution in [0.4, 0.5) is 5.69 Å². The normalized spacial score (nSPS) is 10.2. The van der Waals surface area contributed by atoms with Gasteiger partial charge in [0.05, 0.1) is 13.7 Å². The third-order valence-corrected chi connectivity index (χ3v) is 2.57. The van der Waals surface area contributed by atoms with Crippen molar-refractivity contribution in [3.8, 4) is 5.75 Å². The quantitative estimate of drug-likeness (QED) is 0.780. The van der Waals surface area contributed by atoms with Crippen molar-refractivity contribution in [2.75, 3.05) is 25.5 Å². The molecule has 1 aromatic carbocycles. The van der Waals surface area contributed by atoms with Crippen LogP contribution in [0.15, 0.2) is 24.3 Å². The SMILES string of the molecule is COc1cccc(NCC(=O)NCCC(C)C)c1. The summed E-state index contributed by atoms with van der Waals surface area (Å²) in [6.45, 7) is 5.29. The number of anilines is 1. The molecular weight excluding hydrogens is 228 g/mol. The Kier molecular flexibility index (Phi) is 6.05. The maximum Gasteiger partial charge on any atom is 0.239 e. The van der Waals surface area contributed by atoms with Crippen molar-refractivity contribution in [1.29, 1.82) is 0 Å². The molecule has 0 aromatic heterocycles. The number of nitrogens with one attached hydrogen (secondary N) is 2. The number of methoxy groups -OCH3 is 1. The maximum absolute atomic E-state index is 11.5. The number of hydrogen-bond acceptors (Lipinski definition) is 3. The Bertz CT molecular complexity index is 378. The molecule has 0 unspecified atom stereocenters. The fraction of sp³-hybridized carbons (Fsp3) is 0.500. The number of ether oxygens (including phenoxy) is 1. The topological polar surface area (TPSA) is 50.4 Å². The highest BCUT2D eigenvalue weighted by Gasteiger charge is 2.02. The van der Waals surface area contributed by atoms with Gasteiger partial charge in [0.25, 0.3) is 0 Å². The summed E-state index contributed by atoms with van der Waals surface area (Å²) >= 11 is 0. The molecule has 100 valence electrons. The molecule has 0 fully saturated rings. The average molecular weight is 250 g/mol. The van der Waals surface area contributed by atoms with Crippen LogP contribution in [0.5, 0.6) is 5.75 Å². The lowest BCUT2D eigenvalue weighted by molar-refractivity contribution is -0.119. The van der Waals surface area contributed by atoms with E-state index in [-0.39, 0.29) is 12.5 Å². The fourth-order valence-corrected chi connectivity index (χ4v) is 1.48. The van der Waals surface area contributed by atoms with Gasteiger partial charge in [-0.25, -0.2) is 0 Å². The Morgan fingerprint density at radius 2 is 2.17 bits per heavy atom. The number of carbonyl (C=O) groups is 1. The standard InChI is InChI=1S/C14H22N2O2/c1-11(2)7-8-15-14(17)10-16-12-5-4-6-13(9-12)18-3/h4-6,9,11,16H,7-8,10H2,1-3H3,(H,15,17). The smallest absolute Gasteiger partial charge is 0.239 e. The second-order valence-corrected chi connectivity index (χ2v) is 4.62. The van der Waals surface area contributed by atoms with Crippen molar-refractivity contribution < 1.29 is 9.53 Å². The molecule has 18 heavy (non-hydrogen) atoms. The molecule has 0 saturated heterocycles. The first-order valence-corrected chi connectivity index (χ1v) is 6.26. The molecule has 0 heterocycles. The number of amides is 1. The van der Waals surface area contributed by atoms with Gasteiger partial charge in [-0.15, -0.1) is 0 Å². The minimum absolute atomic E-state index is 0.0125. The molecule has 0 atom stereocenters. The lowest BCUT2D eigenvalue weighted by atomic mass is 10.1. The minimum atomic E-state index is 0.0125. The zero-order valence-corrected chi connectivity index (χ0v) is 11.3. The van der Waals surface area contributed by atoms with Gasteiger partial charge in [0.1, 0.15) is 5.75 Å². The predicted molar refractivity (Wildman–Crippen MR) is 73.9 cm³/mol. The highest BCUT2D eigenvalue weighted by Crippen LogP contribution is 2.16. The molecule has 1 rings (SSSR count). The first-order valence-electron chi connectivity index (χ1n) is 6.26. The Morgan fingerprint density at radius 1 is 1.39 bits per heavy atom. The molecule has 1 aromatic rings. The van der Waals surface area contributed by atoms with Crippen LogP contribution in [-0.2, 0) is 4.79 Å². The summed E-state index contributed by atoms with van der Waals surface area (Å²) in [5.41, 5.74) is 0.883. The average Bonchev–Trinajstić information content (AvgIpc) is 2.36. The lowest BCUT2D eigenvalue weighted by Gasteiger charge is -2.09. The summed E-state index contributed by atoms with van der Waals surface area (Å²) < 4.78 is 5.11. The van der Waals surface area contributed by atoms with E-state index in [2.05, 4.69) is 24.5 Å². The molecule has 0 bridgehead atoms. The molecule has 1 amide bonds. The summed E-state index contributed by atoms with van der Waals surface area (Å²) in [5.74, 6) is 1.40. The summed E-state index contributed by atoms with van der Waals surface area (Å²) in [4.78, 5) is 11.5. The van der Waals surface area contributed by atoms with Crippen molar-refractivity contribution in [2.45, 2.75) is 20.3 Å². The van der Waals surface area contributed by atoms with E-state index in [1.165, 1.54) is 0 Å². The van der Waals surface area contributed by atoms with Gasteiger partial charge in [-0.05, 0) is 24.5 Å². The molecule has 2 N–H and O–H groups in total. The molecule has 0 spiro atoms. The van der Waals surface area contributed by atoms with Crippen LogP contribution in [0.25, 0.3) is 0 Å². The highest BCUT2D eigenvalue weighted by atomic mass is 16.5. The summed E-state index contributed by atoms with van der Waals surface area (Å²) in [7, 11) is 1.62. The Hall–Kier alpha value is -1.71. The van der Waals surface area contributed by atoms with E-state index in [0.29, 0.717) is 5.92 Å². The van der Waals surface area contributed by atoms with Crippen LogP contribution in [0.1, 0.15) is 20.3 Å². The number of benzene rings is 1. The first-order chi connectivity index (χ1) is 8.61. The Morgan fingerprint density at radius 3 is 2.83 bits per heavy atom. The van der Waals surface area contributed by atoms with E-state index >= 15 is 0 Å². The van der Waals surface area contributed by atoms with E-state index in [4.69, 9.17) is 4.74 Å². The van der Waals surface area contributed by atoms with Gasteiger partial charge in [-0.3, -0.25) is 4.79 Å². The van der Waals surface area contributed by atoms with Crippen LogP contribution in [0, 0.1) is 5.92 Å². The number of rotatable bonds is 7. The van der Waals surface area contributed by atoms with Crippen LogP contribution in [0.3, 0.4) is 0 Å². The summed E-state index contributed by atoms with van der Waals surface area (Å²) in [6.07, 6.45) is 1.00. The molecule has 0 saturated carbocycles. The van der Waals surface area contributed by atoms with Crippen LogP contribution in [-0.4, -0.2) is 26.1 Å². The van der Waals surface area contributed by atoms with Gasteiger partial charge >= 0.3 is 0 Å². The third kappa shape index (κ3) is 5.57. The lowest BCUT2D eigenvalue weighted by Crippen LogP contribution is -2.31. The van der Waals surface area contributed by atoms with Gasteiger partial charge in [-0.2, -0.15) is 0 Å². The molecule has 4 nitrogen and oxygen atoms in total. The summed E-state index contributed by atoms with van der Waals surface area (Å²) in [5, 5.41) is 5.95.